The van der Waals surface area contributed by atoms with Gasteiger partial charge in [0, 0.05) is 17.2 Å². The number of halogens is 2. The third kappa shape index (κ3) is 5.68. The first-order valence-electron chi connectivity index (χ1n) is 10.5. The van der Waals surface area contributed by atoms with Crippen LogP contribution in [0.3, 0.4) is 0 Å². The van der Waals surface area contributed by atoms with Crippen molar-refractivity contribution in [1.82, 2.24) is 20.1 Å². The predicted molar refractivity (Wildman–Crippen MR) is 123 cm³/mol. The number of ether oxygens (including phenoxy) is 1. The monoisotopic (exact) mass is 474 g/mol. The zero-order chi connectivity index (χ0) is 22.5. The minimum absolute atomic E-state index is 0.0725. The summed E-state index contributed by atoms with van der Waals surface area (Å²) in [5, 5.41) is 12.9. The van der Waals surface area contributed by atoms with E-state index < -0.39 is 0 Å². The summed E-state index contributed by atoms with van der Waals surface area (Å²) < 4.78 is 21.1. The minimum atomic E-state index is -0.306. The zero-order valence-corrected chi connectivity index (χ0v) is 19.2. The van der Waals surface area contributed by atoms with Crippen LogP contribution in [0.1, 0.15) is 31.4 Å². The van der Waals surface area contributed by atoms with Gasteiger partial charge < -0.3 is 10.1 Å². The number of carbonyl (C=O) groups excluding carboxylic acids is 1. The van der Waals surface area contributed by atoms with Crippen LogP contribution in [-0.4, -0.2) is 39.1 Å². The van der Waals surface area contributed by atoms with Gasteiger partial charge in [-0.3, -0.25) is 9.36 Å². The quantitative estimate of drug-likeness (QED) is 0.471. The normalized spacial score (nSPS) is 16.8. The summed E-state index contributed by atoms with van der Waals surface area (Å²) in [5.74, 6) is 0.427. The van der Waals surface area contributed by atoms with Crippen molar-refractivity contribution in [2.75, 3.05) is 12.4 Å². The van der Waals surface area contributed by atoms with Crippen molar-refractivity contribution in [2.45, 2.75) is 43.6 Å². The Balaban J connectivity index is 1.45. The van der Waals surface area contributed by atoms with Crippen molar-refractivity contribution in [1.29, 1.82) is 0 Å². The fourth-order valence-corrected chi connectivity index (χ4v) is 4.50. The molecule has 2 heterocycles. The third-order valence-corrected chi connectivity index (χ3v) is 6.53. The first-order chi connectivity index (χ1) is 15.5. The van der Waals surface area contributed by atoms with Gasteiger partial charge in [0.05, 0.1) is 24.4 Å². The zero-order valence-electron chi connectivity index (χ0n) is 17.6. The Morgan fingerprint density at radius 2 is 2.00 bits per heavy atom. The molecule has 3 aromatic rings. The summed E-state index contributed by atoms with van der Waals surface area (Å²) in [6, 6.07) is 13.4. The van der Waals surface area contributed by atoms with Gasteiger partial charge in [0.1, 0.15) is 5.82 Å². The molecule has 1 amide bonds. The summed E-state index contributed by atoms with van der Waals surface area (Å²) in [6.45, 7) is 3.26. The molecule has 1 aliphatic heterocycles. The topological polar surface area (TPSA) is 69.0 Å². The van der Waals surface area contributed by atoms with Gasteiger partial charge in [-0.1, -0.05) is 35.5 Å². The fraction of sp³-hybridized carbons (Fsp3) is 0.348. The van der Waals surface area contributed by atoms with E-state index in [1.165, 1.54) is 23.9 Å². The lowest BCUT2D eigenvalue weighted by Crippen LogP contribution is -2.28. The maximum atomic E-state index is 13.4. The highest BCUT2D eigenvalue weighted by atomic mass is 35.5. The molecule has 2 unspecified atom stereocenters. The molecule has 6 nitrogen and oxygen atoms in total. The Bertz CT molecular complexity index is 1050. The lowest BCUT2D eigenvalue weighted by Gasteiger charge is -2.16. The van der Waals surface area contributed by atoms with Gasteiger partial charge in [0.25, 0.3) is 0 Å². The molecular weight excluding hydrogens is 451 g/mol. The van der Waals surface area contributed by atoms with Gasteiger partial charge >= 0.3 is 0 Å². The van der Waals surface area contributed by atoms with Crippen molar-refractivity contribution in [3.63, 3.8) is 0 Å². The molecule has 2 atom stereocenters. The highest BCUT2D eigenvalue weighted by molar-refractivity contribution is 7.99. The smallest absolute Gasteiger partial charge is 0.230 e. The van der Waals surface area contributed by atoms with Crippen molar-refractivity contribution >= 4 is 29.3 Å². The number of nitrogens with zero attached hydrogens (tertiary/aromatic N) is 3. The van der Waals surface area contributed by atoms with E-state index in [4.69, 9.17) is 16.3 Å². The Labute approximate surface area is 195 Å². The number of nitrogens with one attached hydrogen (secondary N) is 1. The molecule has 2 aromatic carbocycles. The Hall–Kier alpha value is -2.42. The van der Waals surface area contributed by atoms with Crippen LogP contribution in [0.5, 0.6) is 0 Å². The van der Waals surface area contributed by atoms with Crippen LogP contribution in [0.15, 0.2) is 53.7 Å². The number of aromatic nitrogens is 3. The molecule has 0 aliphatic carbocycles. The summed E-state index contributed by atoms with van der Waals surface area (Å²) in [7, 11) is 0. The van der Waals surface area contributed by atoms with E-state index >= 15 is 0 Å². The molecule has 0 spiro atoms. The number of amides is 1. The van der Waals surface area contributed by atoms with Gasteiger partial charge in [-0.05, 0) is 61.7 Å². The molecule has 9 heteroatoms. The van der Waals surface area contributed by atoms with Crippen LogP contribution < -0.4 is 5.32 Å². The van der Waals surface area contributed by atoms with Crippen molar-refractivity contribution in [3.05, 3.63) is 64.9 Å². The highest BCUT2D eigenvalue weighted by Crippen LogP contribution is 2.27. The standard InChI is InChI=1S/C23H24ClFN4O2S/c1-15(16-4-8-18(24)9-5-16)26-21(30)14-32-23-28-27-22(17-6-10-19(25)11-7-17)29(23)13-20-3-2-12-31-20/h4-11,15,20H,2-3,12-14H2,1H3,(H,26,30). The van der Waals surface area contributed by atoms with E-state index in [1.54, 1.807) is 24.3 Å². The van der Waals surface area contributed by atoms with E-state index in [2.05, 4.69) is 15.5 Å². The van der Waals surface area contributed by atoms with E-state index in [0.29, 0.717) is 22.5 Å². The Morgan fingerprint density at radius 3 is 2.69 bits per heavy atom. The van der Waals surface area contributed by atoms with Crippen LogP contribution in [0, 0.1) is 5.82 Å². The molecule has 0 radical (unpaired) electrons. The van der Waals surface area contributed by atoms with Gasteiger partial charge in [-0.2, -0.15) is 0 Å². The van der Waals surface area contributed by atoms with Crippen molar-refractivity contribution in [2.24, 2.45) is 0 Å². The lowest BCUT2D eigenvalue weighted by atomic mass is 10.1. The second-order valence-electron chi connectivity index (χ2n) is 7.69. The minimum Gasteiger partial charge on any atom is -0.376 e. The van der Waals surface area contributed by atoms with Gasteiger partial charge in [0.2, 0.25) is 5.91 Å². The molecule has 4 rings (SSSR count). The number of hydrogen-bond donors (Lipinski definition) is 1. The second kappa shape index (κ2) is 10.5. The second-order valence-corrected chi connectivity index (χ2v) is 9.07. The first-order valence-corrected chi connectivity index (χ1v) is 11.8. The third-order valence-electron chi connectivity index (χ3n) is 5.31. The van der Waals surface area contributed by atoms with Crippen molar-refractivity contribution in [3.8, 4) is 11.4 Å². The molecule has 32 heavy (non-hydrogen) atoms. The number of benzene rings is 2. The molecule has 168 valence electrons. The van der Waals surface area contributed by atoms with Crippen LogP contribution >= 0.6 is 23.4 Å². The van der Waals surface area contributed by atoms with Crippen LogP contribution in [0.2, 0.25) is 5.02 Å². The first kappa shape index (κ1) is 22.8. The molecule has 1 saturated heterocycles. The maximum Gasteiger partial charge on any atom is 0.230 e. The fourth-order valence-electron chi connectivity index (χ4n) is 3.61. The SMILES string of the molecule is CC(NC(=O)CSc1nnc(-c2ccc(F)cc2)n1CC1CCCO1)c1ccc(Cl)cc1. The van der Waals surface area contributed by atoms with E-state index in [-0.39, 0.29) is 29.6 Å². The average molecular weight is 475 g/mol. The molecule has 1 fully saturated rings. The van der Waals surface area contributed by atoms with E-state index in [0.717, 1.165) is 30.6 Å². The molecule has 1 aromatic heterocycles. The number of thioether (sulfide) groups is 1. The summed E-state index contributed by atoms with van der Waals surface area (Å²) in [6.07, 6.45) is 2.06. The summed E-state index contributed by atoms with van der Waals surface area (Å²) in [5.41, 5.74) is 1.75. The van der Waals surface area contributed by atoms with Crippen LogP contribution in [0.25, 0.3) is 11.4 Å². The predicted octanol–water partition coefficient (Wildman–Crippen LogP) is 4.89. The van der Waals surface area contributed by atoms with E-state index in [9.17, 15) is 9.18 Å². The van der Waals surface area contributed by atoms with E-state index in [1.807, 2.05) is 23.6 Å². The van der Waals surface area contributed by atoms with Crippen LogP contribution in [0.4, 0.5) is 4.39 Å². The number of hydrogen-bond acceptors (Lipinski definition) is 5. The number of rotatable bonds is 8. The number of carbonyl (C=O) groups is 1. The van der Waals surface area contributed by atoms with Crippen molar-refractivity contribution < 1.29 is 13.9 Å². The molecule has 0 saturated carbocycles. The molecular formula is C23H24ClFN4O2S. The van der Waals surface area contributed by atoms with Gasteiger partial charge in [0.15, 0.2) is 11.0 Å². The highest BCUT2D eigenvalue weighted by Gasteiger charge is 2.22. The largest absolute Gasteiger partial charge is 0.376 e. The molecule has 1 N–H and O–H groups in total. The average Bonchev–Trinajstić information content (AvgIpc) is 3.44. The molecule has 0 bridgehead atoms. The Morgan fingerprint density at radius 1 is 1.25 bits per heavy atom. The van der Waals surface area contributed by atoms with Gasteiger partial charge in [-0.15, -0.1) is 10.2 Å². The van der Waals surface area contributed by atoms with Crippen LogP contribution in [-0.2, 0) is 16.1 Å². The van der Waals surface area contributed by atoms with Gasteiger partial charge in [-0.25, -0.2) is 4.39 Å². The summed E-state index contributed by atoms with van der Waals surface area (Å²) in [4.78, 5) is 12.6. The summed E-state index contributed by atoms with van der Waals surface area (Å²) >= 11 is 7.26. The lowest BCUT2D eigenvalue weighted by molar-refractivity contribution is -0.119. The molecule has 1 aliphatic rings. The maximum absolute atomic E-state index is 13.4. The Kier molecular flexibility index (Phi) is 7.44.